The van der Waals surface area contributed by atoms with Gasteiger partial charge in [-0.25, -0.2) is 4.99 Å². The van der Waals surface area contributed by atoms with Crippen LogP contribution < -0.4 is 17.0 Å². The Morgan fingerprint density at radius 2 is 1.52 bits per heavy atom. The number of benzene rings is 2. The van der Waals surface area contributed by atoms with Crippen LogP contribution in [0.3, 0.4) is 0 Å². The van der Waals surface area contributed by atoms with Gasteiger partial charge in [-0.1, -0.05) is 30.3 Å². The van der Waals surface area contributed by atoms with E-state index in [9.17, 15) is 9.59 Å². The number of primary amides is 2. The Morgan fingerprint density at radius 1 is 0.870 bits per heavy atom. The van der Waals surface area contributed by atoms with Gasteiger partial charge in [0.2, 0.25) is 5.55 Å². The summed E-state index contributed by atoms with van der Waals surface area (Å²) in [6.45, 7) is 0. The number of nitrogens with zero attached hydrogens (tertiary/aromatic N) is 1. The minimum Gasteiger partial charge on any atom is -0.438 e. The molecule has 0 aliphatic carbocycles. The maximum absolute atomic E-state index is 11.7. The second-order valence-corrected chi connectivity index (χ2v) is 4.86. The highest BCUT2D eigenvalue weighted by Crippen LogP contribution is 2.18. The molecule has 4 N–H and O–H groups in total. The summed E-state index contributed by atoms with van der Waals surface area (Å²) < 4.78 is 5.67. The lowest BCUT2D eigenvalue weighted by atomic mass is 10.1. The van der Waals surface area contributed by atoms with Gasteiger partial charge < -0.3 is 15.9 Å². The van der Waals surface area contributed by atoms with Gasteiger partial charge in [0.25, 0.3) is 11.8 Å². The highest BCUT2D eigenvalue weighted by molar-refractivity contribution is 5.98. The van der Waals surface area contributed by atoms with Crippen molar-refractivity contribution in [3.63, 3.8) is 0 Å². The number of carbonyl (C=O) groups excluding carboxylic acids is 2. The van der Waals surface area contributed by atoms with Crippen LogP contribution in [0.5, 0.6) is 0 Å². The fourth-order valence-electron chi connectivity index (χ4n) is 2.22. The Bertz CT molecular complexity index is 990. The quantitative estimate of drug-likeness (QED) is 0.770. The summed E-state index contributed by atoms with van der Waals surface area (Å²) >= 11 is 0. The third-order valence-electron chi connectivity index (χ3n) is 3.31. The highest BCUT2D eigenvalue weighted by Gasteiger charge is 2.11. The zero-order chi connectivity index (χ0) is 16.4. The summed E-state index contributed by atoms with van der Waals surface area (Å²) in [4.78, 5) is 27.4. The van der Waals surface area contributed by atoms with Gasteiger partial charge in [0.1, 0.15) is 11.1 Å². The Hall–Kier alpha value is -3.41. The van der Waals surface area contributed by atoms with Gasteiger partial charge in [0.05, 0.1) is 11.3 Å². The van der Waals surface area contributed by atoms with Crippen molar-refractivity contribution in [2.75, 3.05) is 0 Å². The van der Waals surface area contributed by atoms with Crippen LogP contribution in [0.2, 0.25) is 0 Å². The van der Waals surface area contributed by atoms with E-state index in [1.165, 1.54) is 0 Å². The summed E-state index contributed by atoms with van der Waals surface area (Å²) in [6, 6.07) is 15.3. The maximum Gasteiger partial charge on any atom is 0.254 e. The molecule has 0 unspecified atom stereocenters. The van der Waals surface area contributed by atoms with Crippen molar-refractivity contribution in [1.82, 2.24) is 0 Å². The predicted octanol–water partition coefficient (Wildman–Crippen LogP) is 1.86. The molecule has 1 heterocycles. The van der Waals surface area contributed by atoms with Crippen molar-refractivity contribution in [3.05, 3.63) is 71.3 Å². The SMILES string of the molecule is NC(=O)c1ccccc1N=c1oc2ccccc2cc1C(N)=O. The standard InChI is InChI=1S/C17H13N3O3/c18-15(21)11-6-2-3-7-13(11)20-17-12(16(19)22)9-10-5-1-4-8-14(10)23-17/h1-9H,(H2,18,21)(H2,19,22). The predicted molar refractivity (Wildman–Crippen MR) is 84.9 cm³/mol. The van der Waals surface area contributed by atoms with Crippen LogP contribution in [0.15, 0.2) is 64.0 Å². The number of rotatable bonds is 3. The van der Waals surface area contributed by atoms with E-state index in [1.807, 2.05) is 6.07 Å². The van der Waals surface area contributed by atoms with E-state index >= 15 is 0 Å². The first-order chi connectivity index (χ1) is 11.1. The maximum atomic E-state index is 11.7. The van der Waals surface area contributed by atoms with Crippen LogP contribution in [-0.4, -0.2) is 11.8 Å². The molecule has 0 fully saturated rings. The second kappa shape index (κ2) is 5.76. The third kappa shape index (κ3) is 2.82. The molecule has 0 atom stereocenters. The number of hydrogen-bond donors (Lipinski definition) is 2. The van der Waals surface area contributed by atoms with Crippen molar-refractivity contribution in [2.24, 2.45) is 16.5 Å². The topological polar surface area (TPSA) is 112 Å². The van der Waals surface area contributed by atoms with Crippen molar-refractivity contribution in [3.8, 4) is 0 Å². The molecular weight excluding hydrogens is 294 g/mol. The van der Waals surface area contributed by atoms with E-state index in [2.05, 4.69) is 4.99 Å². The van der Waals surface area contributed by atoms with E-state index < -0.39 is 11.8 Å². The zero-order valence-electron chi connectivity index (χ0n) is 12.0. The average Bonchev–Trinajstić information content (AvgIpc) is 2.54. The van der Waals surface area contributed by atoms with Crippen LogP contribution in [-0.2, 0) is 0 Å². The van der Waals surface area contributed by atoms with Crippen LogP contribution in [0.4, 0.5) is 5.69 Å². The van der Waals surface area contributed by atoms with Crippen LogP contribution in [0.25, 0.3) is 11.0 Å². The molecule has 0 bridgehead atoms. The fraction of sp³-hybridized carbons (Fsp3) is 0. The van der Waals surface area contributed by atoms with Crippen molar-refractivity contribution in [2.45, 2.75) is 0 Å². The minimum absolute atomic E-state index is 0.0323. The fourth-order valence-corrected chi connectivity index (χ4v) is 2.22. The number of para-hydroxylation sites is 2. The van der Waals surface area contributed by atoms with Gasteiger partial charge in [-0.3, -0.25) is 9.59 Å². The largest absolute Gasteiger partial charge is 0.438 e. The molecule has 2 aromatic carbocycles. The van der Waals surface area contributed by atoms with E-state index in [0.717, 1.165) is 5.39 Å². The highest BCUT2D eigenvalue weighted by atomic mass is 16.3. The molecule has 0 radical (unpaired) electrons. The smallest absolute Gasteiger partial charge is 0.254 e. The minimum atomic E-state index is -0.671. The van der Waals surface area contributed by atoms with Crippen LogP contribution >= 0.6 is 0 Å². The molecule has 2 amide bonds. The van der Waals surface area contributed by atoms with Gasteiger partial charge in [0.15, 0.2) is 0 Å². The lowest BCUT2D eigenvalue weighted by molar-refractivity contribution is 0.0991. The molecule has 3 aromatic rings. The first-order valence-electron chi connectivity index (χ1n) is 6.82. The Morgan fingerprint density at radius 3 is 2.26 bits per heavy atom. The van der Waals surface area contributed by atoms with Crippen molar-refractivity contribution in [1.29, 1.82) is 0 Å². The third-order valence-corrected chi connectivity index (χ3v) is 3.31. The summed E-state index contributed by atoms with van der Waals surface area (Å²) in [5.74, 6) is -1.29. The summed E-state index contributed by atoms with van der Waals surface area (Å²) in [7, 11) is 0. The lowest BCUT2D eigenvalue weighted by Gasteiger charge is -2.03. The van der Waals surface area contributed by atoms with E-state index in [-0.39, 0.29) is 16.7 Å². The monoisotopic (exact) mass is 307 g/mol. The Balaban J connectivity index is 2.32. The molecule has 6 nitrogen and oxygen atoms in total. The van der Waals surface area contributed by atoms with Gasteiger partial charge in [-0.15, -0.1) is 0 Å². The Kier molecular flexibility index (Phi) is 3.64. The molecule has 0 saturated heterocycles. The van der Waals surface area contributed by atoms with Gasteiger partial charge in [-0.2, -0.15) is 0 Å². The first kappa shape index (κ1) is 14.5. The second-order valence-electron chi connectivity index (χ2n) is 4.86. The number of hydrogen-bond acceptors (Lipinski definition) is 4. The zero-order valence-corrected chi connectivity index (χ0v) is 12.0. The van der Waals surface area contributed by atoms with E-state index in [4.69, 9.17) is 15.9 Å². The van der Waals surface area contributed by atoms with E-state index in [0.29, 0.717) is 11.3 Å². The van der Waals surface area contributed by atoms with Crippen molar-refractivity contribution < 1.29 is 14.0 Å². The molecule has 0 aliphatic rings. The number of carbonyl (C=O) groups is 2. The number of amides is 2. The van der Waals surface area contributed by atoms with Gasteiger partial charge in [-0.05, 0) is 24.3 Å². The Labute approximate surface area is 131 Å². The number of fused-ring (bicyclic) bond motifs is 1. The summed E-state index contributed by atoms with van der Waals surface area (Å²) in [5.41, 5.74) is 12.0. The lowest BCUT2D eigenvalue weighted by Crippen LogP contribution is -2.22. The molecular formula is C17H13N3O3. The molecule has 6 heteroatoms. The van der Waals surface area contributed by atoms with Crippen molar-refractivity contribution >= 4 is 28.5 Å². The van der Waals surface area contributed by atoms with Gasteiger partial charge in [0, 0.05) is 5.39 Å². The van der Waals surface area contributed by atoms with E-state index in [1.54, 1.807) is 48.5 Å². The average molecular weight is 307 g/mol. The summed E-state index contributed by atoms with van der Waals surface area (Å²) in [6.07, 6.45) is 0. The molecule has 0 spiro atoms. The molecule has 3 rings (SSSR count). The van der Waals surface area contributed by atoms with Crippen LogP contribution in [0.1, 0.15) is 20.7 Å². The molecule has 0 saturated carbocycles. The first-order valence-corrected chi connectivity index (χ1v) is 6.82. The molecule has 23 heavy (non-hydrogen) atoms. The normalized spacial score (nSPS) is 11.6. The van der Waals surface area contributed by atoms with Gasteiger partial charge >= 0.3 is 0 Å². The molecule has 1 aromatic heterocycles. The molecule has 114 valence electrons. The molecule has 0 aliphatic heterocycles. The summed E-state index contributed by atoms with van der Waals surface area (Å²) in [5, 5.41) is 0.725. The number of nitrogens with two attached hydrogens (primary N) is 2. The van der Waals surface area contributed by atoms with Crippen LogP contribution in [0, 0.1) is 0 Å².